The van der Waals surface area contributed by atoms with Gasteiger partial charge in [0.2, 0.25) is 0 Å². The molecule has 6 heteroatoms. The standard InChI is InChI=1S/C11H17N3O3/c1-16-6-4-3-5-13-10-8-12-7-9(14-10)11(15)17-2/h7-8H,3-6H2,1-2H3,(H,13,14). The number of anilines is 1. The van der Waals surface area contributed by atoms with Gasteiger partial charge < -0.3 is 14.8 Å². The zero-order valence-electron chi connectivity index (χ0n) is 10.1. The van der Waals surface area contributed by atoms with Crippen molar-refractivity contribution in [1.82, 2.24) is 9.97 Å². The fourth-order valence-electron chi connectivity index (χ4n) is 1.24. The van der Waals surface area contributed by atoms with E-state index in [1.807, 2.05) is 0 Å². The Hall–Kier alpha value is -1.69. The quantitative estimate of drug-likeness (QED) is 0.567. The van der Waals surface area contributed by atoms with Gasteiger partial charge in [-0.3, -0.25) is 4.98 Å². The summed E-state index contributed by atoms with van der Waals surface area (Å²) in [4.78, 5) is 19.2. The lowest BCUT2D eigenvalue weighted by Gasteiger charge is -2.05. The molecule has 0 aliphatic rings. The summed E-state index contributed by atoms with van der Waals surface area (Å²) in [7, 11) is 2.99. The highest BCUT2D eigenvalue weighted by molar-refractivity contribution is 5.87. The normalized spacial score (nSPS) is 10.0. The molecule has 1 aromatic heterocycles. The fourth-order valence-corrected chi connectivity index (χ4v) is 1.24. The largest absolute Gasteiger partial charge is 0.464 e. The van der Waals surface area contributed by atoms with Crippen molar-refractivity contribution in [3.8, 4) is 0 Å². The van der Waals surface area contributed by atoms with Crippen LogP contribution in [-0.4, -0.2) is 43.3 Å². The minimum Gasteiger partial charge on any atom is -0.464 e. The van der Waals surface area contributed by atoms with Gasteiger partial charge in [0.1, 0.15) is 5.82 Å². The lowest BCUT2D eigenvalue weighted by Crippen LogP contribution is -2.09. The Morgan fingerprint density at radius 3 is 2.88 bits per heavy atom. The number of carbonyl (C=O) groups excluding carboxylic acids is 1. The lowest BCUT2D eigenvalue weighted by molar-refractivity contribution is 0.0593. The highest BCUT2D eigenvalue weighted by Gasteiger charge is 2.07. The van der Waals surface area contributed by atoms with Crippen LogP contribution in [0.3, 0.4) is 0 Å². The van der Waals surface area contributed by atoms with Crippen LogP contribution >= 0.6 is 0 Å². The summed E-state index contributed by atoms with van der Waals surface area (Å²) in [5.41, 5.74) is 0.203. The average Bonchev–Trinajstić information content (AvgIpc) is 2.38. The summed E-state index contributed by atoms with van der Waals surface area (Å²) in [6, 6.07) is 0. The molecular formula is C11H17N3O3. The summed E-state index contributed by atoms with van der Waals surface area (Å²) in [6.07, 6.45) is 4.90. The maximum absolute atomic E-state index is 11.2. The second-order valence-corrected chi connectivity index (χ2v) is 3.41. The molecular weight excluding hydrogens is 222 g/mol. The van der Waals surface area contributed by atoms with Gasteiger partial charge in [-0.05, 0) is 12.8 Å². The molecule has 0 atom stereocenters. The van der Waals surface area contributed by atoms with Crippen molar-refractivity contribution >= 4 is 11.8 Å². The van der Waals surface area contributed by atoms with Crippen LogP contribution < -0.4 is 5.32 Å². The molecule has 17 heavy (non-hydrogen) atoms. The van der Waals surface area contributed by atoms with Crippen molar-refractivity contribution in [3.63, 3.8) is 0 Å². The van der Waals surface area contributed by atoms with E-state index in [0.717, 1.165) is 26.0 Å². The Morgan fingerprint density at radius 1 is 1.35 bits per heavy atom. The number of hydrogen-bond acceptors (Lipinski definition) is 6. The van der Waals surface area contributed by atoms with Gasteiger partial charge in [0.15, 0.2) is 5.69 Å². The summed E-state index contributed by atoms with van der Waals surface area (Å²) < 4.78 is 9.51. The van der Waals surface area contributed by atoms with Gasteiger partial charge in [0.25, 0.3) is 0 Å². The van der Waals surface area contributed by atoms with Crippen LogP contribution in [0, 0.1) is 0 Å². The Kier molecular flexibility index (Phi) is 5.95. The van der Waals surface area contributed by atoms with Gasteiger partial charge in [-0.15, -0.1) is 0 Å². The summed E-state index contributed by atoms with van der Waals surface area (Å²) in [5.74, 6) is 0.0887. The van der Waals surface area contributed by atoms with Crippen LogP contribution in [-0.2, 0) is 9.47 Å². The van der Waals surface area contributed by atoms with Crippen LogP contribution in [0.15, 0.2) is 12.4 Å². The first-order valence-electron chi connectivity index (χ1n) is 5.41. The molecule has 6 nitrogen and oxygen atoms in total. The third-order valence-electron chi connectivity index (χ3n) is 2.11. The molecule has 0 aliphatic heterocycles. The minimum atomic E-state index is -0.486. The summed E-state index contributed by atoms with van der Waals surface area (Å²) in [5, 5.41) is 3.09. The Labute approximate surface area is 100 Å². The lowest BCUT2D eigenvalue weighted by atomic mass is 10.3. The number of hydrogen-bond donors (Lipinski definition) is 1. The number of rotatable bonds is 7. The SMILES string of the molecule is COCCCCNc1cncc(C(=O)OC)n1. The van der Waals surface area contributed by atoms with E-state index in [0.29, 0.717) is 5.82 Å². The van der Waals surface area contributed by atoms with Crippen molar-refractivity contribution in [2.75, 3.05) is 32.7 Å². The number of carbonyl (C=O) groups is 1. The zero-order valence-corrected chi connectivity index (χ0v) is 10.1. The number of unbranched alkanes of at least 4 members (excludes halogenated alkanes) is 1. The molecule has 0 radical (unpaired) electrons. The van der Waals surface area contributed by atoms with Crippen LogP contribution in [0.25, 0.3) is 0 Å². The van der Waals surface area contributed by atoms with E-state index < -0.39 is 5.97 Å². The number of methoxy groups -OCH3 is 2. The highest BCUT2D eigenvalue weighted by atomic mass is 16.5. The predicted molar refractivity (Wildman–Crippen MR) is 63.0 cm³/mol. The van der Waals surface area contributed by atoms with Gasteiger partial charge in [-0.1, -0.05) is 0 Å². The second kappa shape index (κ2) is 7.56. The molecule has 0 fully saturated rings. The maximum atomic E-state index is 11.2. The third-order valence-corrected chi connectivity index (χ3v) is 2.11. The average molecular weight is 239 g/mol. The third kappa shape index (κ3) is 4.78. The smallest absolute Gasteiger partial charge is 0.358 e. The van der Waals surface area contributed by atoms with Crippen LogP contribution in [0.1, 0.15) is 23.3 Å². The summed E-state index contributed by atoms with van der Waals surface area (Å²) in [6.45, 7) is 1.51. The first kappa shape index (κ1) is 13.4. The molecule has 0 aromatic carbocycles. The van der Waals surface area contributed by atoms with Gasteiger partial charge >= 0.3 is 5.97 Å². The molecule has 0 unspecified atom stereocenters. The zero-order chi connectivity index (χ0) is 12.5. The van der Waals surface area contributed by atoms with Gasteiger partial charge in [0.05, 0.1) is 19.5 Å². The van der Waals surface area contributed by atoms with Crippen molar-refractivity contribution < 1.29 is 14.3 Å². The van der Waals surface area contributed by atoms with Crippen molar-refractivity contribution in [3.05, 3.63) is 18.1 Å². The monoisotopic (exact) mass is 239 g/mol. The van der Waals surface area contributed by atoms with E-state index in [9.17, 15) is 4.79 Å². The molecule has 1 heterocycles. The maximum Gasteiger partial charge on any atom is 0.358 e. The second-order valence-electron chi connectivity index (χ2n) is 3.41. The molecule has 1 rings (SSSR count). The fraction of sp³-hybridized carbons (Fsp3) is 0.545. The molecule has 94 valence electrons. The van der Waals surface area contributed by atoms with E-state index in [1.54, 1.807) is 13.3 Å². The number of nitrogens with one attached hydrogen (secondary N) is 1. The van der Waals surface area contributed by atoms with Crippen LogP contribution in [0.4, 0.5) is 5.82 Å². The number of esters is 1. The van der Waals surface area contributed by atoms with E-state index in [-0.39, 0.29) is 5.69 Å². The molecule has 1 aromatic rings. The molecule has 1 N–H and O–H groups in total. The molecule has 0 amide bonds. The Bertz CT molecular complexity index is 358. The Balaban J connectivity index is 2.40. The molecule has 0 saturated carbocycles. The number of aromatic nitrogens is 2. The van der Waals surface area contributed by atoms with Crippen molar-refractivity contribution in [2.24, 2.45) is 0 Å². The number of nitrogens with zero attached hydrogens (tertiary/aromatic N) is 2. The highest BCUT2D eigenvalue weighted by Crippen LogP contribution is 2.03. The van der Waals surface area contributed by atoms with Crippen molar-refractivity contribution in [1.29, 1.82) is 0 Å². The van der Waals surface area contributed by atoms with Gasteiger partial charge in [-0.25, -0.2) is 9.78 Å². The molecule has 0 aliphatic carbocycles. The first-order valence-corrected chi connectivity index (χ1v) is 5.41. The predicted octanol–water partition coefficient (Wildman–Crippen LogP) is 1.10. The minimum absolute atomic E-state index is 0.203. The van der Waals surface area contributed by atoms with Gasteiger partial charge in [-0.2, -0.15) is 0 Å². The first-order chi connectivity index (χ1) is 8.27. The Morgan fingerprint density at radius 2 is 2.18 bits per heavy atom. The molecule has 0 saturated heterocycles. The number of ether oxygens (including phenoxy) is 2. The van der Waals surface area contributed by atoms with E-state index >= 15 is 0 Å². The van der Waals surface area contributed by atoms with Crippen LogP contribution in [0.2, 0.25) is 0 Å². The van der Waals surface area contributed by atoms with Crippen LogP contribution in [0.5, 0.6) is 0 Å². The topological polar surface area (TPSA) is 73.3 Å². The summed E-state index contributed by atoms with van der Waals surface area (Å²) >= 11 is 0. The van der Waals surface area contributed by atoms with Gasteiger partial charge in [0, 0.05) is 20.3 Å². The van der Waals surface area contributed by atoms with E-state index in [2.05, 4.69) is 20.0 Å². The molecule has 0 bridgehead atoms. The van der Waals surface area contributed by atoms with E-state index in [4.69, 9.17) is 4.74 Å². The molecule has 0 spiro atoms. The van der Waals surface area contributed by atoms with Crippen molar-refractivity contribution in [2.45, 2.75) is 12.8 Å². The van der Waals surface area contributed by atoms with E-state index in [1.165, 1.54) is 13.3 Å².